The molecular weight excluding hydrogens is 198 g/mol. The Morgan fingerprint density at radius 1 is 1.53 bits per heavy atom. The Bertz CT molecular complexity index is 414. The summed E-state index contributed by atoms with van der Waals surface area (Å²) < 4.78 is 11.1. The van der Waals surface area contributed by atoms with Crippen LogP contribution in [0.5, 0.6) is 0 Å². The third-order valence-electron chi connectivity index (χ3n) is 2.03. The van der Waals surface area contributed by atoms with E-state index in [1.54, 1.807) is 13.8 Å². The molecule has 84 valence electrons. The van der Waals surface area contributed by atoms with Gasteiger partial charge in [-0.3, -0.25) is 0 Å². The topological polar surface area (TPSA) is 61.4 Å². The van der Waals surface area contributed by atoms with Crippen molar-refractivity contribution in [2.45, 2.75) is 33.7 Å². The summed E-state index contributed by atoms with van der Waals surface area (Å²) in [6, 6.07) is 0.000812. The van der Waals surface area contributed by atoms with E-state index >= 15 is 0 Å². The smallest absolute Gasteiger partial charge is 0.372 e. The van der Waals surface area contributed by atoms with Crippen molar-refractivity contribution < 1.29 is 14.1 Å². The molecule has 0 aliphatic carbocycles. The van der Waals surface area contributed by atoms with E-state index in [0.29, 0.717) is 5.69 Å². The molecule has 0 radical (unpaired) electrons. The summed E-state index contributed by atoms with van der Waals surface area (Å²) in [5, 5.41) is 0. The van der Waals surface area contributed by atoms with Crippen LogP contribution in [0.15, 0.2) is 9.32 Å². The largest absolute Gasteiger partial charge is 0.462 e. The minimum atomic E-state index is -0.639. The predicted molar refractivity (Wildman–Crippen MR) is 54.0 cm³/mol. The number of ether oxygens (including phenoxy) is 1. The maximum Gasteiger partial charge on any atom is 0.372 e. The van der Waals surface area contributed by atoms with Gasteiger partial charge in [0.2, 0.25) is 0 Å². The van der Waals surface area contributed by atoms with Crippen LogP contribution >= 0.6 is 0 Å². The first-order valence-corrected chi connectivity index (χ1v) is 4.88. The molecule has 0 unspecified atom stereocenters. The minimum Gasteiger partial charge on any atom is -0.462 e. The molecule has 0 atom stereocenters. The molecule has 0 aliphatic heterocycles. The number of carbonyl (C=O) groups excluding carboxylic acids is 1. The molecule has 1 aromatic rings. The molecule has 0 N–H and O–H groups in total. The maximum absolute atomic E-state index is 11.4. The Morgan fingerprint density at radius 2 is 2.13 bits per heavy atom. The highest BCUT2D eigenvalue weighted by Crippen LogP contribution is 2.12. The summed E-state index contributed by atoms with van der Waals surface area (Å²) in [5.41, 5.74) is -0.140. The van der Waals surface area contributed by atoms with Crippen molar-refractivity contribution in [3.05, 3.63) is 21.7 Å². The van der Waals surface area contributed by atoms with Crippen molar-refractivity contribution in [3.8, 4) is 0 Å². The molecule has 15 heavy (non-hydrogen) atoms. The number of aromatic nitrogens is 1. The van der Waals surface area contributed by atoms with Gasteiger partial charge in [-0.15, -0.1) is 0 Å². The number of nitrogens with zero attached hydrogens (tertiary/aromatic N) is 1. The Labute approximate surface area is 87.6 Å². The van der Waals surface area contributed by atoms with Gasteiger partial charge in [-0.1, -0.05) is 0 Å². The second-order valence-electron chi connectivity index (χ2n) is 3.48. The van der Waals surface area contributed by atoms with Crippen LogP contribution < -0.4 is 5.63 Å². The summed E-state index contributed by atoms with van der Waals surface area (Å²) in [6.07, 6.45) is 0. The molecule has 0 spiro atoms. The molecule has 0 saturated carbocycles. The Kier molecular flexibility index (Phi) is 3.34. The molecule has 1 rings (SSSR count). The molecule has 0 fully saturated rings. The van der Waals surface area contributed by atoms with Gasteiger partial charge in [0.25, 0.3) is 0 Å². The first kappa shape index (κ1) is 11.6. The van der Waals surface area contributed by atoms with E-state index in [0.717, 1.165) is 0 Å². The van der Waals surface area contributed by atoms with Crippen LogP contribution in [-0.4, -0.2) is 17.3 Å². The molecule has 0 saturated heterocycles. The van der Waals surface area contributed by atoms with Crippen molar-refractivity contribution in [1.82, 2.24) is 4.74 Å². The fourth-order valence-electron chi connectivity index (χ4n) is 1.39. The fraction of sp³-hybridized carbons (Fsp3) is 0.600. The molecule has 5 nitrogen and oxygen atoms in total. The molecule has 0 amide bonds. The van der Waals surface area contributed by atoms with Gasteiger partial charge in [0.05, 0.1) is 18.3 Å². The highest BCUT2D eigenvalue weighted by atomic mass is 16.5. The lowest BCUT2D eigenvalue weighted by atomic mass is 10.2. The van der Waals surface area contributed by atoms with Crippen LogP contribution in [0, 0.1) is 6.92 Å². The lowest BCUT2D eigenvalue weighted by Crippen LogP contribution is -2.14. The van der Waals surface area contributed by atoms with Crippen molar-refractivity contribution in [2.24, 2.45) is 0 Å². The number of rotatable bonds is 3. The van der Waals surface area contributed by atoms with Gasteiger partial charge < -0.3 is 9.26 Å². The molecular formula is C10H15NO4. The molecule has 0 aromatic carbocycles. The van der Waals surface area contributed by atoms with Crippen LogP contribution in [0.25, 0.3) is 0 Å². The first-order chi connectivity index (χ1) is 6.99. The monoisotopic (exact) mass is 213 g/mol. The summed E-state index contributed by atoms with van der Waals surface area (Å²) >= 11 is 0. The standard InChI is InChI=1S/C10H15NO4/c1-5-14-9(12)8-7(4)11(6(2)3)15-10(8)13/h6H,5H2,1-4H3. The van der Waals surface area contributed by atoms with Crippen molar-refractivity contribution >= 4 is 5.97 Å². The summed E-state index contributed by atoms with van der Waals surface area (Å²) in [7, 11) is 0. The third kappa shape index (κ3) is 2.11. The zero-order chi connectivity index (χ0) is 11.6. The Balaban J connectivity index is 3.19. The normalized spacial score (nSPS) is 10.7. The van der Waals surface area contributed by atoms with Gasteiger partial charge in [-0.25, -0.2) is 14.3 Å². The van der Waals surface area contributed by atoms with Crippen LogP contribution in [0.1, 0.15) is 42.9 Å². The SMILES string of the molecule is CCOC(=O)c1c(C)n(C(C)C)oc1=O. The molecule has 1 aromatic heterocycles. The molecule has 1 heterocycles. The number of hydrogen-bond acceptors (Lipinski definition) is 4. The quantitative estimate of drug-likeness (QED) is 0.714. The highest BCUT2D eigenvalue weighted by molar-refractivity contribution is 5.90. The fourth-order valence-corrected chi connectivity index (χ4v) is 1.39. The zero-order valence-electron chi connectivity index (χ0n) is 9.36. The van der Waals surface area contributed by atoms with Gasteiger partial charge in [0.1, 0.15) is 0 Å². The van der Waals surface area contributed by atoms with Crippen LogP contribution in [0.2, 0.25) is 0 Å². The van der Waals surface area contributed by atoms with Gasteiger partial charge in [-0.2, -0.15) is 0 Å². The van der Waals surface area contributed by atoms with E-state index in [9.17, 15) is 9.59 Å². The van der Waals surface area contributed by atoms with E-state index in [-0.39, 0.29) is 18.2 Å². The van der Waals surface area contributed by atoms with E-state index in [2.05, 4.69) is 0 Å². The Hall–Kier alpha value is -1.52. The van der Waals surface area contributed by atoms with E-state index in [1.165, 1.54) is 4.74 Å². The molecule has 5 heteroatoms. The summed E-state index contributed by atoms with van der Waals surface area (Å²) in [5.74, 6) is -0.622. The average Bonchev–Trinajstić information content (AvgIpc) is 2.42. The van der Waals surface area contributed by atoms with Crippen molar-refractivity contribution in [1.29, 1.82) is 0 Å². The lowest BCUT2D eigenvalue weighted by Gasteiger charge is -2.06. The van der Waals surface area contributed by atoms with Gasteiger partial charge in [-0.05, 0) is 27.7 Å². The van der Waals surface area contributed by atoms with Crippen molar-refractivity contribution in [3.63, 3.8) is 0 Å². The second-order valence-corrected chi connectivity index (χ2v) is 3.48. The Morgan fingerprint density at radius 3 is 2.53 bits per heavy atom. The third-order valence-corrected chi connectivity index (χ3v) is 2.03. The number of hydrogen-bond donors (Lipinski definition) is 0. The van der Waals surface area contributed by atoms with E-state index in [1.807, 2.05) is 13.8 Å². The van der Waals surface area contributed by atoms with Crippen LogP contribution in [-0.2, 0) is 4.74 Å². The van der Waals surface area contributed by atoms with Gasteiger partial charge in [0.15, 0.2) is 5.56 Å². The summed E-state index contributed by atoms with van der Waals surface area (Å²) in [6.45, 7) is 7.33. The summed E-state index contributed by atoms with van der Waals surface area (Å²) in [4.78, 5) is 22.8. The second kappa shape index (κ2) is 4.33. The van der Waals surface area contributed by atoms with Crippen LogP contribution in [0.4, 0.5) is 0 Å². The van der Waals surface area contributed by atoms with E-state index < -0.39 is 11.6 Å². The zero-order valence-corrected chi connectivity index (χ0v) is 9.36. The lowest BCUT2D eigenvalue weighted by molar-refractivity contribution is 0.0523. The molecule has 0 aliphatic rings. The molecule has 0 bridgehead atoms. The van der Waals surface area contributed by atoms with E-state index in [4.69, 9.17) is 9.26 Å². The van der Waals surface area contributed by atoms with Gasteiger partial charge in [0, 0.05) is 0 Å². The minimum absolute atomic E-state index is 0.000812. The maximum atomic E-state index is 11.4. The number of esters is 1. The predicted octanol–water partition coefficient (Wildman–Crippen LogP) is 1.51. The highest BCUT2D eigenvalue weighted by Gasteiger charge is 2.22. The van der Waals surface area contributed by atoms with Gasteiger partial charge >= 0.3 is 11.6 Å². The average molecular weight is 213 g/mol. The first-order valence-electron chi connectivity index (χ1n) is 4.88. The van der Waals surface area contributed by atoms with Crippen molar-refractivity contribution in [2.75, 3.05) is 6.61 Å². The van der Waals surface area contributed by atoms with Crippen LogP contribution in [0.3, 0.4) is 0 Å². The number of carbonyl (C=O) groups is 1.